The minimum atomic E-state index is -0.0139. The number of carbonyl (C=O) groups is 1. The molecule has 1 aliphatic heterocycles. The molecule has 4 nitrogen and oxygen atoms in total. The van der Waals surface area contributed by atoms with Crippen molar-refractivity contribution in [2.45, 2.75) is 32.3 Å². The van der Waals surface area contributed by atoms with Crippen molar-refractivity contribution in [2.75, 3.05) is 25.0 Å². The highest BCUT2D eigenvalue weighted by atomic mass is 16.5. The smallest absolute Gasteiger partial charge is 0.227 e. The third-order valence-electron chi connectivity index (χ3n) is 3.27. The molecular formula is C15H22N2O2. The van der Waals surface area contributed by atoms with Gasteiger partial charge in [0.05, 0.1) is 19.1 Å². The first-order chi connectivity index (χ1) is 9.16. The summed E-state index contributed by atoms with van der Waals surface area (Å²) < 4.78 is 5.54. The molecule has 4 heteroatoms. The van der Waals surface area contributed by atoms with E-state index in [0.717, 1.165) is 18.8 Å². The Kier molecular flexibility index (Phi) is 4.93. The van der Waals surface area contributed by atoms with E-state index in [1.165, 1.54) is 5.56 Å². The topological polar surface area (TPSA) is 50.4 Å². The Morgan fingerprint density at radius 2 is 2.26 bits per heavy atom. The van der Waals surface area contributed by atoms with Gasteiger partial charge in [-0.25, -0.2) is 0 Å². The van der Waals surface area contributed by atoms with Crippen LogP contribution < -0.4 is 10.6 Å². The van der Waals surface area contributed by atoms with Crippen molar-refractivity contribution < 1.29 is 9.53 Å². The van der Waals surface area contributed by atoms with Crippen LogP contribution in [0.4, 0.5) is 5.69 Å². The molecule has 0 aliphatic carbocycles. The van der Waals surface area contributed by atoms with Crippen LogP contribution in [-0.2, 0) is 9.53 Å². The number of carbonyl (C=O) groups excluding carboxylic acids is 1. The van der Waals surface area contributed by atoms with Crippen molar-refractivity contribution in [1.29, 1.82) is 0 Å². The molecule has 1 aromatic rings. The molecule has 0 aromatic heterocycles. The van der Waals surface area contributed by atoms with Crippen molar-refractivity contribution in [1.82, 2.24) is 5.32 Å². The summed E-state index contributed by atoms with van der Waals surface area (Å²) in [5.41, 5.74) is 2.07. The summed E-state index contributed by atoms with van der Waals surface area (Å²) in [5, 5.41) is 6.22. The average Bonchev–Trinajstić information content (AvgIpc) is 2.40. The summed E-state index contributed by atoms with van der Waals surface area (Å²) >= 11 is 0. The number of amides is 1. The lowest BCUT2D eigenvalue weighted by molar-refractivity contribution is -0.119. The highest BCUT2D eigenvalue weighted by molar-refractivity contribution is 5.91. The molecule has 1 aromatic carbocycles. The van der Waals surface area contributed by atoms with E-state index < -0.39 is 0 Å². The van der Waals surface area contributed by atoms with Gasteiger partial charge in [0.15, 0.2) is 0 Å². The number of anilines is 1. The molecule has 0 radical (unpaired) electrons. The number of ether oxygens (including phenoxy) is 1. The summed E-state index contributed by atoms with van der Waals surface area (Å²) in [6.45, 7) is 6.55. The highest BCUT2D eigenvalue weighted by Gasteiger charge is 2.18. The molecule has 1 unspecified atom stereocenters. The predicted octanol–water partition coefficient (Wildman–Crippen LogP) is 2.13. The Labute approximate surface area is 114 Å². The minimum absolute atomic E-state index is 0.0139. The number of hydrogen-bond donors (Lipinski definition) is 2. The second-order valence-corrected chi connectivity index (χ2v) is 5.19. The molecule has 1 fully saturated rings. The van der Waals surface area contributed by atoms with E-state index in [0.29, 0.717) is 18.9 Å². The van der Waals surface area contributed by atoms with E-state index in [1.54, 1.807) is 0 Å². The Balaban J connectivity index is 1.94. The molecule has 1 amide bonds. The van der Waals surface area contributed by atoms with E-state index in [4.69, 9.17) is 4.74 Å². The average molecular weight is 262 g/mol. The van der Waals surface area contributed by atoms with Gasteiger partial charge < -0.3 is 15.4 Å². The summed E-state index contributed by atoms with van der Waals surface area (Å²) in [5.74, 6) is 0.408. The molecule has 1 heterocycles. The Hall–Kier alpha value is -1.39. The fourth-order valence-electron chi connectivity index (χ4n) is 2.27. The highest BCUT2D eigenvalue weighted by Crippen LogP contribution is 2.23. The maximum absolute atomic E-state index is 12.0. The lowest BCUT2D eigenvalue weighted by Crippen LogP contribution is -2.40. The second kappa shape index (κ2) is 6.68. The SMILES string of the molecule is CC(C)c1ccccc1NC(=O)CC1CNCCO1. The molecule has 2 rings (SSSR count). The van der Waals surface area contributed by atoms with Crippen LogP contribution in [0.3, 0.4) is 0 Å². The van der Waals surface area contributed by atoms with Crippen molar-refractivity contribution in [3.8, 4) is 0 Å². The van der Waals surface area contributed by atoms with Gasteiger partial charge in [0.1, 0.15) is 0 Å². The molecule has 1 aliphatic rings. The van der Waals surface area contributed by atoms with Crippen molar-refractivity contribution in [3.63, 3.8) is 0 Å². The third-order valence-corrected chi connectivity index (χ3v) is 3.27. The lowest BCUT2D eigenvalue weighted by atomic mass is 10.0. The maximum Gasteiger partial charge on any atom is 0.227 e. The second-order valence-electron chi connectivity index (χ2n) is 5.19. The quantitative estimate of drug-likeness (QED) is 0.874. The predicted molar refractivity (Wildman–Crippen MR) is 76.4 cm³/mol. The third kappa shape index (κ3) is 4.04. The zero-order valence-corrected chi connectivity index (χ0v) is 11.6. The van der Waals surface area contributed by atoms with Gasteiger partial charge in [-0.05, 0) is 17.5 Å². The first-order valence-corrected chi connectivity index (χ1v) is 6.88. The zero-order valence-electron chi connectivity index (χ0n) is 11.6. The van der Waals surface area contributed by atoms with E-state index >= 15 is 0 Å². The van der Waals surface area contributed by atoms with Gasteiger partial charge >= 0.3 is 0 Å². The molecule has 1 saturated heterocycles. The normalized spacial score (nSPS) is 19.4. The van der Waals surface area contributed by atoms with Gasteiger partial charge in [0, 0.05) is 18.8 Å². The largest absolute Gasteiger partial charge is 0.375 e. The lowest BCUT2D eigenvalue weighted by Gasteiger charge is -2.23. The van der Waals surface area contributed by atoms with E-state index in [2.05, 4.69) is 30.5 Å². The molecule has 2 N–H and O–H groups in total. The van der Waals surface area contributed by atoms with Crippen LogP contribution in [0.5, 0.6) is 0 Å². The molecule has 104 valence electrons. The van der Waals surface area contributed by atoms with Crippen molar-refractivity contribution in [3.05, 3.63) is 29.8 Å². The number of benzene rings is 1. The molecule has 0 bridgehead atoms. The van der Waals surface area contributed by atoms with Gasteiger partial charge in [-0.2, -0.15) is 0 Å². The molecule has 0 saturated carbocycles. The minimum Gasteiger partial charge on any atom is -0.375 e. The summed E-state index contributed by atoms with van der Waals surface area (Å²) in [6, 6.07) is 7.95. The van der Waals surface area contributed by atoms with E-state index in [-0.39, 0.29) is 12.0 Å². The Bertz CT molecular complexity index is 426. The van der Waals surface area contributed by atoms with Crippen LogP contribution in [0.2, 0.25) is 0 Å². The van der Waals surface area contributed by atoms with Gasteiger partial charge in [0.2, 0.25) is 5.91 Å². The van der Waals surface area contributed by atoms with Crippen LogP contribution in [0, 0.1) is 0 Å². The first-order valence-electron chi connectivity index (χ1n) is 6.88. The Morgan fingerprint density at radius 3 is 2.95 bits per heavy atom. The van der Waals surface area contributed by atoms with Crippen LogP contribution in [-0.4, -0.2) is 31.7 Å². The Morgan fingerprint density at radius 1 is 1.47 bits per heavy atom. The summed E-state index contributed by atoms with van der Waals surface area (Å²) in [4.78, 5) is 12.0. The van der Waals surface area contributed by atoms with Crippen LogP contribution in [0.15, 0.2) is 24.3 Å². The van der Waals surface area contributed by atoms with Crippen LogP contribution >= 0.6 is 0 Å². The summed E-state index contributed by atoms with van der Waals surface area (Å²) in [6.07, 6.45) is 0.388. The zero-order chi connectivity index (χ0) is 13.7. The number of para-hydroxylation sites is 1. The first kappa shape index (κ1) is 14.0. The molecule has 1 atom stereocenters. The van der Waals surface area contributed by atoms with Crippen molar-refractivity contribution >= 4 is 11.6 Å². The van der Waals surface area contributed by atoms with Crippen LogP contribution in [0.1, 0.15) is 31.7 Å². The monoisotopic (exact) mass is 262 g/mol. The number of rotatable bonds is 4. The maximum atomic E-state index is 12.0. The van der Waals surface area contributed by atoms with Gasteiger partial charge in [0.25, 0.3) is 0 Å². The fraction of sp³-hybridized carbons (Fsp3) is 0.533. The number of nitrogens with one attached hydrogen (secondary N) is 2. The van der Waals surface area contributed by atoms with Gasteiger partial charge in [-0.3, -0.25) is 4.79 Å². The number of morpholine rings is 1. The standard InChI is InChI=1S/C15H22N2O2/c1-11(2)13-5-3-4-6-14(13)17-15(18)9-12-10-16-7-8-19-12/h3-6,11-12,16H,7-10H2,1-2H3,(H,17,18). The molecule has 19 heavy (non-hydrogen) atoms. The van der Waals surface area contributed by atoms with E-state index in [9.17, 15) is 4.79 Å². The number of hydrogen-bond acceptors (Lipinski definition) is 3. The van der Waals surface area contributed by atoms with E-state index in [1.807, 2.05) is 18.2 Å². The van der Waals surface area contributed by atoms with Gasteiger partial charge in [-0.1, -0.05) is 32.0 Å². The van der Waals surface area contributed by atoms with Gasteiger partial charge in [-0.15, -0.1) is 0 Å². The summed E-state index contributed by atoms with van der Waals surface area (Å²) in [7, 11) is 0. The molecule has 0 spiro atoms. The van der Waals surface area contributed by atoms with Crippen molar-refractivity contribution in [2.24, 2.45) is 0 Å². The fourth-order valence-corrected chi connectivity index (χ4v) is 2.27. The molecular weight excluding hydrogens is 240 g/mol. The van der Waals surface area contributed by atoms with Crippen LogP contribution in [0.25, 0.3) is 0 Å².